The van der Waals surface area contributed by atoms with Crippen LogP contribution in [0.3, 0.4) is 0 Å². The maximum Gasteiger partial charge on any atom is 0.338 e. The van der Waals surface area contributed by atoms with Gasteiger partial charge in [-0.2, -0.15) is 4.31 Å². The molecule has 186 valence electrons. The normalized spacial score (nSPS) is 19.7. The number of amides is 2. The Hall–Kier alpha value is -3.28. The van der Waals surface area contributed by atoms with E-state index in [0.29, 0.717) is 24.5 Å². The molecule has 1 atom stereocenters. The van der Waals surface area contributed by atoms with E-state index in [0.717, 1.165) is 0 Å². The first-order valence-corrected chi connectivity index (χ1v) is 12.7. The van der Waals surface area contributed by atoms with Crippen LogP contribution in [0.4, 0.5) is 5.69 Å². The number of benzene rings is 2. The fourth-order valence-corrected chi connectivity index (χ4v) is 5.71. The number of ether oxygens (including phenoxy) is 2. The van der Waals surface area contributed by atoms with Crippen LogP contribution in [0.5, 0.6) is 5.75 Å². The van der Waals surface area contributed by atoms with Gasteiger partial charge in [0.1, 0.15) is 5.75 Å². The van der Waals surface area contributed by atoms with E-state index in [1.807, 2.05) is 4.90 Å². The van der Waals surface area contributed by atoms with E-state index >= 15 is 0 Å². The van der Waals surface area contributed by atoms with Gasteiger partial charge in [-0.05, 0) is 55.5 Å². The van der Waals surface area contributed by atoms with Crippen LogP contribution in [-0.2, 0) is 24.3 Å². The Kier molecular flexibility index (Phi) is 7.20. The molecule has 0 spiro atoms. The summed E-state index contributed by atoms with van der Waals surface area (Å²) in [6.45, 7) is 2.93. The second kappa shape index (κ2) is 10.1. The Morgan fingerprint density at radius 2 is 1.60 bits per heavy atom. The smallest absolute Gasteiger partial charge is 0.338 e. The summed E-state index contributed by atoms with van der Waals surface area (Å²) in [4.78, 5) is 40.6. The molecular weight excluding hydrogens is 474 g/mol. The fourth-order valence-electron chi connectivity index (χ4n) is 4.29. The van der Waals surface area contributed by atoms with Crippen molar-refractivity contribution >= 4 is 33.5 Å². The highest BCUT2D eigenvalue weighted by molar-refractivity contribution is 7.89. The van der Waals surface area contributed by atoms with Crippen LogP contribution in [-0.4, -0.2) is 81.3 Å². The Bertz CT molecular complexity index is 1200. The first-order chi connectivity index (χ1) is 16.8. The van der Waals surface area contributed by atoms with Crippen LogP contribution in [0.15, 0.2) is 53.4 Å². The zero-order valence-electron chi connectivity index (χ0n) is 19.5. The van der Waals surface area contributed by atoms with Crippen molar-refractivity contribution in [2.45, 2.75) is 24.3 Å². The summed E-state index contributed by atoms with van der Waals surface area (Å²) < 4.78 is 37.6. The molecule has 10 nitrogen and oxygen atoms in total. The molecular formula is C24H27N3O7S. The van der Waals surface area contributed by atoms with Gasteiger partial charge in [0, 0.05) is 26.2 Å². The summed E-state index contributed by atoms with van der Waals surface area (Å²) in [6, 6.07) is 11.7. The fraction of sp³-hybridized carbons (Fsp3) is 0.375. The van der Waals surface area contributed by atoms with Gasteiger partial charge >= 0.3 is 5.97 Å². The van der Waals surface area contributed by atoms with Crippen molar-refractivity contribution in [1.29, 1.82) is 0 Å². The monoisotopic (exact) mass is 501 g/mol. The maximum absolute atomic E-state index is 13.1. The van der Waals surface area contributed by atoms with Crippen LogP contribution in [0.2, 0.25) is 0 Å². The molecule has 2 aromatic carbocycles. The van der Waals surface area contributed by atoms with E-state index in [4.69, 9.17) is 9.47 Å². The number of methoxy groups -OCH3 is 1. The Balaban J connectivity index is 1.40. The lowest BCUT2D eigenvalue weighted by Crippen LogP contribution is -2.53. The van der Waals surface area contributed by atoms with Gasteiger partial charge in [0.15, 0.2) is 0 Å². The van der Waals surface area contributed by atoms with E-state index in [9.17, 15) is 22.8 Å². The molecule has 2 saturated heterocycles. The number of hydrogen-bond donors (Lipinski definition) is 0. The quantitative estimate of drug-likeness (QED) is 0.414. The number of nitrogens with zero attached hydrogens (tertiary/aromatic N) is 3. The van der Waals surface area contributed by atoms with E-state index in [1.54, 1.807) is 31.2 Å². The minimum absolute atomic E-state index is 0.0485. The molecule has 2 aliphatic heterocycles. The van der Waals surface area contributed by atoms with E-state index in [1.165, 1.54) is 40.6 Å². The number of carbonyl (C=O) groups is 3. The van der Waals surface area contributed by atoms with Gasteiger partial charge in [-0.3, -0.25) is 14.5 Å². The number of piperazine rings is 1. The van der Waals surface area contributed by atoms with Crippen molar-refractivity contribution in [3.63, 3.8) is 0 Å². The summed E-state index contributed by atoms with van der Waals surface area (Å²) in [6.07, 6.45) is 0.0485. The van der Waals surface area contributed by atoms with E-state index in [-0.39, 0.29) is 48.4 Å². The van der Waals surface area contributed by atoms with Gasteiger partial charge < -0.3 is 9.47 Å². The van der Waals surface area contributed by atoms with E-state index in [2.05, 4.69) is 0 Å². The molecule has 2 aromatic rings. The number of rotatable bonds is 7. The number of esters is 1. The molecule has 0 saturated carbocycles. The molecule has 2 heterocycles. The van der Waals surface area contributed by atoms with Crippen molar-refractivity contribution in [3.8, 4) is 5.75 Å². The van der Waals surface area contributed by atoms with Gasteiger partial charge in [0.2, 0.25) is 15.9 Å². The third-order valence-electron chi connectivity index (χ3n) is 6.17. The standard InChI is InChI=1S/C24H27N3O7S/c1-3-34-24(30)17-4-10-20(11-5-17)35(31,32)26-14-12-25(13-15-26)21-16-22(28)27(23(21)29)18-6-8-19(33-2)9-7-18/h4-11,21H,3,12-16H2,1-2H3. The lowest BCUT2D eigenvalue weighted by atomic mass is 10.2. The van der Waals surface area contributed by atoms with Gasteiger partial charge in [0.25, 0.3) is 5.91 Å². The lowest BCUT2D eigenvalue weighted by Gasteiger charge is -2.36. The SMILES string of the molecule is CCOC(=O)c1ccc(S(=O)(=O)N2CCN(C3CC(=O)N(c4ccc(OC)cc4)C3=O)CC2)cc1. The van der Waals surface area contributed by atoms with Crippen LogP contribution < -0.4 is 9.64 Å². The van der Waals surface area contributed by atoms with Crippen LogP contribution in [0.1, 0.15) is 23.7 Å². The van der Waals surface area contributed by atoms with Crippen LogP contribution in [0.25, 0.3) is 0 Å². The zero-order valence-corrected chi connectivity index (χ0v) is 20.4. The topological polar surface area (TPSA) is 114 Å². The molecule has 11 heteroatoms. The molecule has 0 bridgehead atoms. The lowest BCUT2D eigenvalue weighted by molar-refractivity contribution is -0.123. The number of anilines is 1. The summed E-state index contributed by atoms with van der Waals surface area (Å²) in [5.74, 6) is -0.491. The minimum Gasteiger partial charge on any atom is -0.497 e. The highest BCUT2D eigenvalue weighted by Gasteiger charge is 2.44. The van der Waals surface area contributed by atoms with Crippen molar-refractivity contribution < 1.29 is 32.3 Å². The summed E-state index contributed by atoms with van der Waals surface area (Å²) in [7, 11) is -2.23. The second-order valence-electron chi connectivity index (χ2n) is 8.17. The average Bonchev–Trinajstić information content (AvgIpc) is 3.18. The van der Waals surface area contributed by atoms with Gasteiger partial charge in [-0.1, -0.05) is 0 Å². The molecule has 4 rings (SSSR count). The number of carbonyl (C=O) groups excluding carboxylic acids is 3. The maximum atomic E-state index is 13.1. The molecule has 2 aliphatic rings. The van der Waals surface area contributed by atoms with Gasteiger partial charge in [-0.25, -0.2) is 18.1 Å². The summed E-state index contributed by atoms with van der Waals surface area (Å²) in [5.41, 5.74) is 0.761. The second-order valence-corrected chi connectivity index (χ2v) is 10.1. The van der Waals surface area contributed by atoms with Crippen molar-refractivity contribution in [2.75, 3.05) is 44.8 Å². The molecule has 0 aliphatic carbocycles. The Labute approximate surface area is 204 Å². The predicted molar refractivity (Wildman–Crippen MR) is 127 cm³/mol. The van der Waals surface area contributed by atoms with Crippen molar-refractivity contribution in [2.24, 2.45) is 0 Å². The average molecular weight is 502 g/mol. The highest BCUT2D eigenvalue weighted by atomic mass is 32.2. The number of sulfonamides is 1. The van der Waals surface area contributed by atoms with Crippen LogP contribution >= 0.6 is 0 Å². The molecule has 2 amide bonds. The molecule has 0 radical (unpaired) electrons. The molecule has 2 fully saturated rings. The largest absolute Gasteiger partial charge is 0.497 e. The van der Waals surface area contributed by atoms with Gasteiger partial charge in [0.05, 0.1) is 42.3 Å². The molecule has 1 unspecified atom stereocenters. The highest BCUT2D eigenvalue weighted by Crippen LogP contribution is 2.28. The molecule has 35 heavy (non-hydrogen) atoms. The first kappa shape index (κ1) is 24.8. The van der Waals surface area contributed by atoms with Crippen LogP contribution in [0, 0.1) is 0 Å². The van der Waals surface area contributed by atoms with Gasteiger partial charge in [-0.15, -0.1) is 0 Å². The predicted octanol–water partition coefficient (Wildman–Crippen LogP) is 1.51. The first-order valence-electron chi connectivity index (χ1n) is 11.3. The number of imide groups is 1. The third-order valence-corrected chi connectivity index (χ3v) is 8.08. The van der Waals surface area contributed by atoms with Crippen molar-refractivity contribution in [1.82, 2.24) is 9.21 Å². The Morgan fingerprint density at radius 3 is 2.17 bits per heavy atom. The zero-order chi connectivity index (χ0) is 25.2. The Morgan fingerprint density at radius 1 is 0.971 bits per heavy atom. The number of hydrogen-bond acceptors (Lipinski definition) is 8. The van der Waals surface area contributed by atoms with Crippen molar-refractivity contribution in [3.05, 3.63) is 54.1 Å². The third kappa shape index (κ3) is 4.93. The molecule has 0 N–H and O–H groups in total. The summed E-state index contributed by atoms with van der Waals surface area (Å²) >= 11 is 0. The minimum atomic E-state index is -3.77. The van der Waals surface area contributed by atoms with E-state index < -0.39 is 22.0 Å². The molecule has 0 aromatic heterocycles. The summed E-state index contributed by atoms with van der Waals surface area (Å²) in [5, 5.41) is 0.